The fraction of sp³-hybridized carbons (Fsp3) is 0.922. The van der Waals surface area contributed by atoms with Gasteiger partial charge in [-0.25, -0.2) is 4.39 Å². The van der Waals surface area contributed by atoms with E-state index in [0.29, 0.717) is 94.9 Å². The Morgan fingerprint density at radius 3 is 1.28 bits per heavy atom. The van der Waals surface area contributed by atoms with Gasteiger partial charge < -0.3 is 48.1 Å². The number of halogens is 1. The van der Waals surface area contributed by atoms with Crippen LogP contribution in [0.25, 0.3) is 0 Å². The van der Waals surface area contributed by atoms with Crippen LogP contribution in [0.4, 0.5) is 4.39 Å². The second kappa shape index (κ2) is 30.8. The minimum Gasteiger partial charge on any atom is -0.393 e. The number of aliphatic hydroxyl groups is 2. The first-order chi connectivity index (χ1) is 55.3. The molecule has 13 heteroatoms. The van der Waals surface area contributed by atoms with E-state index in [4.69, 9.17) is 37.9 Å². The molecule has 4 spiro atoms. The van der Waals surface area contributed by atoms with Crippen molar-refractivity contribution in [1.29, 1.82) is 0 Å². The predicted octanol–water partition coefficient (Wildman–Crippen LogP) is 21.8. The number of ether oxygens (including phenoxy) is 8. The molecule has 0 radical (unpaired) electrons. The molecule has 20 aliphatic carbocycles. The van der Waals surface area contributed by atoms with Gasteiger partial charge in [0.2, 0.25) is 0 Å². The largest absolute Gasteiger partial charge is 0.393 e. The highest BCUT2D eigenvalue weighted by Crippen LogP contribution is 2.73. The van der Waals surface area contributed by atoms with E-state index in [2.05, 4.69) is 74.5 Å². The summed E-state index contributed by atoms with van der Waals surface area (Å²) in [5.41, 5.74) is 5.22. The molecule has 0 amide bonds. The fourth-order valence-electron chi connectivity index (χ4n) is 36.4. The smallest absolute Gasteiger partial charge is 0.174 e. The molecule has 115 heavy (non-hydrogen) atoms. The highest BCUT2D eigenvalue weighted by Gasteiger charge is 2.72. The van der Waals surface area contributed by atoms with E-state index in [9.17, 15) is 19.8 Å². The lowest BCUT2D eigenvalue weighted by Crippen LogP contribution is -2.56. The molecule has 0 aromatic rings. The summed E-state index contributed by atoms with van der Waals surface area (Å²) >= 11 is 0. The van der Waals surface area contributed by atoms with Crippen LogP contribution in [0, 0.1) is 181 Å². The summed E-state index contributed by atoms with van der Waals surface area (Å²) in [5.74, 6) is 18.8. The maximum Gasteiger partial charge on any atom is 0.174 e. The summed E-state index contributed by atoms with van der Waals surface area (Å²) in [6.45, 7) is 27.5. The van der Waals surface area contributed by atoms with Gasteiger partial charge in [0.1, 0.15) is 11.6 Å². The predicted molar refractivity (Wildman–Crippen MR) is 444 cm³/mol. The Balaban J connectivity index is 0.0000000931. The van der Waals surface area contributed by atoms with E-state index >= 15 is 4.39 Å². The Kier molecular flexibility index (Phi) is 21.8. The van der Waals surface area contributed by atoms with Crippen molar-refractivity contribution in [2.24, 2.45) is 181 Å². The first-order valence-corrected chi connectivity index (χ1v) is 49.6. The van der Waals surface area contributed by atoms with Gasteiger partial charge in [-0.3, -0.25) is 9.59 Å². The number of allylic oxidation sites excluding steroid dienone is 5. The zero-order valence-corrected chi connectivity index (χ0v) is 73.1. The Morgan fingerprint density at radius 1 is 0.330 bits per heavy atom. The molecule has 0 bridgehead atoms. The van der Waals surface area contributed by atoms with Gasteiger partial charge in [-0.15, -0.1) is 0 Å². The Morgan fingerprint density at radius 2 is 0.730 bits per heavy atom. The summed E-state index contributed by atoms with van der Waals surface area (Å²) in [6, 6.07) is 0. The molecule has 0 aromatic heterocycles. The van der Waals surface area contributed by atoms with Crippen LogP contribution in [-0.4, -0.2) is 110 Å². The van der Waals surface area contributed by atoms with E-state index < -0.39 is 0 Å². The van der Waals surface area contributed by atoms with Crippen molar-refractivity contribution in [3.63, 3.8) is 0 Å². The quantitative estimate of drug-likeness (QED) is 0.222. The van der Waals surface area contributed by atoms with Gasteiger partial charge in [0.15, 0.2) is 23.1 Å². The molecule has 17 saturated carbocycles. The average Bonchev–Trinajstić information content (AvgIpc) is 1.55. The fourth-order valence-corrected chi connectivity index (χ4v) is 36.4. The second-order valence-corrected chi connectivity index (χ2v) is 46.5. The molecule has 21 fully saturated rings. The molecule has 4 saturated heterocycles. The molecular weight excluding hydrogens is 1440 g/mol. The van der Waals surface area contributed by atoms with Crippen molar-refractivity contribution >= 4 is 11.6 Å². The number of rotatable bonds is 0. The Hall–Kier alpha value is -1.91. The molecule has 4 aliphatic heterocycles. The lowest BCUT2D eigenvalue weighted by Gasteiger charge is -2.58. The molecule has 642 valence electrons. The number of aliphatic hydroxyl groups excluding tert-OH is 2. The number of fused-ring (bicyclic) bond motifs is 29. The summed E-state index contributed by atoms with van der Waals surface area (Å²) in [5, 5.41) is 20.8. The number of hydrogen-bond acceptors (Lipinski definition) is 12. The molecule has 2 N–H and O–H groups in total. The first kappa shape index (κ1) is 81.4. The maximum atomic E-state index is 15.0. The molecule has 3 unspecified atom stereocenters. The number of Topliss-reactive ketones (excluding diaryl/α,β-unsaturated/α-hetero) is 2. The van der Waals surface area contributed by atoms with Crippen LogP contribution in [0.1, 0.15) is 319 Å². The second-order valence-electron chi connectivity index (χ2n) is 46.5. The van der Waals surface area contributed by atoms with Crippen LogP contribution >= 0.6 is 0 Å². The monoisotopic (exact) mass is 1590 g/mol. The van der Waals surface area contributed by atoms with Crippen LogP contribution in [0.2, 0.25) is 0 Å². The van der Waals surface area contributed by atoms with Gasteiger partial charge in [-0.2, -0.15) is 0 Å². The number of ketones is 2. The lowest BCUT2D eigenvalue weighted by atomic mass is 9.49. The van der Waals surface area contributed by atoms with Gasteiger partial charge in [0.25, 0.3) is 0 Å². The highest BCUT2D eigenvalue weighted by atomic mass is 19.1. The van der Waals surface area contributed by atoms with E-state index in [1.165, 1.54) is 165 Å². The minimum atomic E-state index is -0.357. The molecule has 0 aromatic carbocycles. The van der Waals surface area contributed by atoms with E-state index in [0.717, 1.165) is 226 Å². The molecule has 4 heterocycles. The van der Waals surface area contributed by atoms with Crippen molar-refractivity contribution in [3.05, 3.63) is 34.7 Å². The standard InChI is InChI=1S/C21H31FO2.C21H34O3.C21H32O3.C21H32O2.C18H26O2/c3*1-13-3-4-14-15-5-7-20(2)18(6-8-21(20)23-9-10-24-21)16(15)12-19(22)17(14)11-13;1-14-3-5-16-15(13-14)4-6-18-17(16)7-9-20(2)19(18)8-10-21(20)22-11-12-23-21;1-18-9-8-14-13-5-3-12(19)10-11(13)2-4-15(14)16(18)6-7-17(18)20/h13-16,18H,3-12H2,1-2H3;13-19,22H,3-12H2,1-2H3;13-18H,3-12H2,1-2H3;4,14,16-19H,3,5-13H2,1-2H3;2,12-16,19H,3-10H2,1H3/t13-,14+,15+,16+,18-,20-;13-,14+,15+,16+,17?,18-,19?,20-;13-,14+,15+,16+,17?,18-,20-;14-,16-,17+,18+,19-,20-;12-,13-,14+,15+,16-,18-/m00000/s1. The number of carbonyl (C=O) groups excluding carboxylic acids is 2. The third-order valence-corrected chi connectivity index (χ3v) is 42.1. The molecule has 12 nitrogen and oxygen atoms in total. The maximum absolute atomic E-state index is 15.0. The summed E-state index contributed by atoms with van der Waals surface area (Å²) in [6.07, 6.45) is 52.3. The number of hydrogen-bond donors (Lipinski definition) is 2. The summed E-state index contributed by atoms with van der Waals surface area (Å²) in [4.78, 5) is 25.3. The third-order valence-electron chi connectivity index (χ3n) is 42.1. The van der Waals surface area contributed by atoms with Crippen molar-refractivity contribution in [1.82, 2.24) is 0 Å². The highest BCUT2D eigenvalue weighted by molar-refractivity contribution is 5.87. The zero-order chi connectivity index (χ0) is 79.1. The minimum absolute atomic E-state index is 0.000685. The summed E-state index contributed by atoms with van der Waals surface area (Å²) < 4.78 is 64.7. The van der Waals surface area contributed by atoms with E-state index in [1.807, 2.05) is 5.57 Å². The van der Waals surface area contributed by atoms with Crippen molar-refractivity contribution in [2.45, 2.75) is 355 Å². The first-order valence-electron chi connectivity index (χ1n) is 49.6. The van der Waals surface area contributed by atoms with Gasteiger partial charge in [0.05, 0.1) is 70.9 Å². The van der Waals surface area contributed by atoms with Gasteiger partial charge >= 0.3 is 0 Å². The Labute approximate surface area is 692 Å². The van der Waals surface area contributed by atoms with Crippen LogP contribution in [0.15, 0.2) is 34.7 Å². The van der Waals surface area contributed by atoms with Gasteiger partial charge in [-0.05, 0) is 353 Å². The van der Waals surface area contributed by atoms with Crippen LogP contribution < -0.4 is 0 Å². The van der Waals surface area contributed by atoms with E-state index in [1.54, 1.807) is 0 Å². The van der Waals surface area contributed by atoms with Crippen LogP contribution in [0.5, 0.6) is 0 Å². The van der Waals surface area contributed by atoms with Crippen molar-refractivity contribution < 1.29 is 62.1 Å². The zero-order valence-electron chi connectivity index (χ0n) is 73.1. The van der Waals surface area contributed by atoms with E-state index in [-0.39, 0.29) is 68.3 Å². The normalized spacial score (nSPS) is 52.2. The van der Waals surface area contributed by atoms with Crippen LogP contribution in [0.3, 0.4) is 0 Å². The number of carbonyl (C=O) groups is 2. The molecule has 24 rings (SSSR count). The Bertz CT molecular complexity index is 3670. The van der Waals surface area contributed by atoms with Gasteiger partial charge in [-0.1, -0.05) is 98.5 Å². The molecule has 33 atom stereocenters. The lowest BCUT2D eigenvalue weighted by molar-refractivity contribution is -0.246. The summed E-state index contributed by atoms with van der Waals surface area (Å²) in [7, 11) is 0. The van der Waals surface area contributed by atoms with Crippen LogP contribution in [-0.2, 0) is 47.5 Å². The SMILES string of the molecule is C[C@H]1CC[C@H]2C(=C(F)C[C@@H]3[C@@H]2CC[C@@]2(C)[C@H]3CCC23OCCO3)C1.C[C@H]1CC[C@H]2C(=CC[C@@H]3[C@@H]2CC[C@@]2(C)[C@H]3CCC23OCCO3)C1.C[C@H]1CC[C@H]2C(C1)C(=O)C[C@@H]1[C@@H]2CC[C@@]2(C)[C@H]1CCC21OCCO1.C[C@H]1CC[C@H]2C(C1)C(O)C[C@@H]1[C@@H]2CC[C@@]2(C)[C@H]1CCC21OCCO1.C[C@]12CC[C@H]3[C@@H](CC=C4C[C@@H](O)CC[C@@H]43)[C@@H]1CCC2=O. The molecule has 24 aliphatic rings. The van der Waals surface area contributed by atoms with Gasteiger partial charge in [0, 0.05) is 77.9 Å². The average molecular weight is 1590 g/mol. The topological polar surface area (TPSA) is 148 Å². The van der Waals surface area contributed by atoms with Crippen molar-refractivity contribution in [3.8, 4) is 0 Å². The third kappa shape index (κ3) is 12.9. The molecular formula is C102H155FO12. The van der Waals surface area contributed by atoms with Crippen molar-refractivity contribution in [2.75, 3.05) is 52.9 Å².